The average Bonchev–Trinajstić information content (AvgIpc) is 2.19. The standard InChI is InChI=1S/C12H17N3S/c1-9(2)7-10-3-5-11(6-4-10)8-14-15-12(13)16/h3-6,8-9H,7H2,1-2H3,(H3,13,15,16). The maximum Gasteiger partial charge on any atom is 0.184 e. The van der Waals surface area contributed by atoms with Gasteiger partial charge >= 0.3 is 0 Å². The molecule has 3 N–H and O–H groups in total. The molecule has 0 aromatic heterocycles. The quantitative estimate of drug-likeness (QED) is 0.477. The Morgan fingerprint density at radius 2 is 2.06 bits per heavy atom. The highest BCUT2D eigenvalue weighted by Crippen LogP contribution is 2.08. The van der Waals surface area contributed by atoms with Gasteiger partial charge in [-0.15, -0.1) is 0 Å². The molecule has 1 aromatic carbocycles. The highest BCUT2D eigenvalue weighted by atomic mass is 32.1. The van der Waals surface area contributed by atoms with Crippen molar-refractivity contribution in [1.82, 2.24) is 5.43 Å². The summed E-state index contributed by atoms with van der Waals surface area (Å²) in [6.45, 7) is 4.42. The summed E-state index contributed by atoms with van der Waals surface area (Å²) in [6.07, 6.45) is 2.79. The van der Waals surface area contributed by atoms with E-state index < -0.39 is 0 Å². The Kier molecular flexibility index (Phi) is 4.92. The first-order chi connectivity index (χ1) is 7.58. The molecule has 0 aliphatic heterocycles. The molecule has 0 aliphatic rings. The van der Waals surface area contributed by atoms with E-state index in [9.17, 15) is 0 Å². The number of nitrogens with zero attached hydrogens (tertiary/aromatic N) is 1. The van der Waals surface area contributed by atoms with Crippen molar-refractivity contribution in [2.45, 2.75) is 20.3 Å². The van der Waals surface area contributed by atoms with Crippen LogP contribution in [0.1, 0.15) is 25.0 Å². The first kappa shape index (κ1) is 12.6. The fourth-order valence-electron chi connectivity index (χ4n) is 1.38. The van der Waals surface area contributed by atoms with Crippen molar-refractivity contribution in [2.24, 2.45) is 16.8 Å². The molecule has 0 aliphatic carbocycles. The fraction of sp³-hybridized carbons (Fsp3) is 0.333. The zero-order valence-electron chi connectivity index (χ0n) is 9.60. The van der Waals surface area contributed by atoms with Crippen LogP contribution in [0.2, 0.25) is 0 Å². The Morgan fingerprint density at radius 1 is 1.44 bits per heavy atom. The summed E-state index contributed by atoms with van der Waals surface area (Å²) >= 11 is 4.63. The molecule has 0 bridgehead atoms. The second-order valence-corrected chi connectivity index (χ2v) is 4.51. The molecule has 0 atom stereocenters. The summed E-state index contributed by atoms with van der Waals surface area (Å²) in [4.78, 5) is 0. The Bertz CT molecular complexity index is 368. The third kappa shape index (κ3) is 4.89. The second kappa shape index (κ2) is 6.23. The number of hydrogen-bond acceptors (Lipinski definition) is 2. The van der Waals surface area contributed by atoms with Gasteiger partial charge in [-0.3, -0.25) is 5.43 Å². The van der Waals surface area contributed by atoms with E-state index in [0.29, 0.717) is 5.92 Å². The lowest BCUT2D eigenvalue weighted by Crippen LogP contribution is -2.23. The van der Waals surface area contributed by atoms with Gasteiger partial charge in [0.2, 0.25) is 0 Å². The van der Waals surface area contributed by atoms with E-state index in [4.69, 9.17) is 5.73 Å². The smallest absolute Gasteiger partial charge is 0.184 e. The Labute approximate surface area is 102 Å². The Hall–Kier alpha value is -1.42. The van der Waals surface area contributed by atoms with Crippen LogP contribution in [-0.4, -0.2) is 11.3 Å². The van der Waals surface area contributed by atoms with Crippen molar-refractivity contribution in [3.63, 3.8) is 0 Å². The van der Waals surface area contributed by atoms with Gasteiger partial charge in [0.15, 0.2) is 5.11 Å². The molecule has 1 rings (SSSR count). The van der Waals surface area contributed by atoms with Crippen LogP contribution in [0.3, 0.4) is 0 Å². The molecular weight excluding hydrogens is 218 g/mol. The number of hydrazone groups is 1. The predicted molar refractivity (Wildman–Crippen MR) is 72.5 cm³/mol. The van der Waals surface area contributed by atoms with E-state index in [1.54, 1.807) is 6.21 Å². The lowest BCUT2D eigenvalue weighted by atomic mass is 10.0. The zero-order valence-corrected chi connectivity index (χ0v) is 10.4. The van der Waals surface area contributed by atoms with Crippen LogP contribution in [0.5, 0.6) is 0 Å². The number of nitrogens with one attached hydrogen (secondary N) is 1. The first-order valence-corrected chi connectivity index (χ1v) is 5.66. The van der Waals surface area contributed by atoms with Crippen LogP contribution in [0, 0.1) is 5.92 Å². The molecule has 16 heavy (non-hydrogen) atoms. The van der Waals surface area contributed by atoms with Crippen molar-refractivity contribution < 1.29 is 0 Å². The molecule has 0 radical (unpaired) electrons. The number of thiocarbonyl (C=S) groups is 1. The van der Waals surface area contributed by atoms with Crippen molar-refractivity contribution in [3.05, 3.63) is 35.4 Å². The minimum atomic E-state index is 0.174. The molecule has 0 fully saturated rings. The lowest BCUT2D eigenvalue weighted by Gasteiger charge is -2.04. The van der Waals surface area contributed by atoms with Gasteiger partial charge in [0.1, 0.15) is 0 Å². The number of benzene rings is 1. The van der Waals surface area contributed by atoms with Crippen molar-refractivity contribution in [3.8, 4) is 0 Å². The minimum Gasteiger partial charge on any atom is -0.375 e. The van der Waals surface area contributed by atoms with E-state index in [2.05, 4.69) is 48.7 Å². The molecule has 0 amide bonds. The normalized spacial score (nSPS) is 10.9. The van der Waals surface area contributed by atoms with Crippen LogP contribution < -0.4 is 11.2 Å². The van der Waals surface area contributed by atoms with Gasteiger partial charge in [0, 0.05) is 0 Å². The summed E-state index contributed by atoms with van der Waals surface area (Å²) in [5, 5.41) is 4.06. The van der Waals surface area contributed by atoms with Gasteiger partial charge in [-0.1, -0.05) is 38.1 Å². The predicted octanol–water partition coefficient (Wildman–Crippen LogP) is 2.05. The molecule has 0 heterocycles. The highest BCUT2D eigenvalue weighted by molar-refractivity contribution is 7.80. The van der Waals surface area contributed by atoms with Crippen LogP contribution in [0.15, 0.2) is 29.4 Å². The summed E-state index contributed by atoms with van der Waals surface area (Å²) in [6, 6.07) is 8.29. The molecule has 0 saturated heterocycles. The van der Waals surface area contributed by atoms with Crippen LogP contribution in [-0.2, 0) is 6.42 Å². The molecular formula is C12H17N3S. The van der Waals surface area contributed by atoms with Gasteiger partial charge in [-0.05, 0) is 35.7 Å². The number of hydrogen-bond donors (Lipinski definition) is 2. The van der Waals surface area contributed by atoms with E-state index in [-0.39, 0.29) is 5.11 Å². The van der Waals surface area contributed by atoms with Gasteiger partial charge in [-0.25, -0.2) is 0 Å². The Balaban J connectivity index is 2.57. The monoisotopic (exact) mass is 235 g/mol. The summed E-state index contributed by atoms with van der Waals surface area (Å²) in [7, 11) is 0. The summed E-state index contributed by atoms with van der Waals surface area (Å²) < 4.78 is 0. The van der Waals surface area contributed by atoms with Crippen molar-refractivity contribution in [2.75, 3.05) is 0 Å². The zero-order chi connectivity index (χ0) is 12.0. The van der Waals surface area contributed by atoms with Gasteiger partial charge < -0.3 is 5.73 Å². The molecule has 86 valence electrons. The Morgan fingerprint density at radius 3 is 2.56 bits per heavy atom. The molecule has 0 unspecified atom stereocenters. The van der Waals surface area contributed by atoms with Gasteiger partial charge in [0.05, 0.1) is 6.21 Å². The van der Waals surface area contributed by atoms with E-state index in [1.807, 2.05) is 12.1 Å². The first-order valence-electron chi connectivity index (χ1n) is 5.25. The molecule has 3 nitrogen and oxygen atoms in total. The van der Waals surface area contributed by atoms with Gasteiger partial charge in [-0.2, -0.15) is 5.10 Å². The molecule has 4 heteroatoms. The third-order valence-corrected chi connectivity index (χ3v) is 2.10. The second-order valence-electron chi connectivity index (χ2n) is 4.07. The molecule has 0 spiro atoms. The molecule has 1 aromatic rings. The van der Waals surface area contributed by atoms with Crippen LogP contribution in [0.25, 0.3) is 0 Å². The van der Waals surface area contributed by atoms with E-state index in [0.717, 1.165) is 12.0 Å². The van der Waals surface area contributed by atoms with Crippen molar-refractivity contribution in [1.29, 1.82) is 0 Å². The van der Waals surface area contributed by atoms with Crippen molar-refractivity contribution >= 4 is 23.5 Å². The largest absolute Gasteiger partial charge is 0.375 e. The fourth-order valence-corrected chi connectivity index (χ4v) is 1.43. The highest BCUT2D eigenvalue weighted by Gasteiger charge is 1.96. The van der Waals surface area contributed by atoms with E-state index in [1.165, 1.54) is 5.56 Å². The minimum absolute atomic E-state index is 0.174. The summed E-state index contributed by atoms with van der Waals surface area (Å²) in [5.74, 6) is 0.677. The van der Waals surface area contributed by atoms with Gasteiger partial charge in [0.25, 0.3) is 0 Å². The van der Waals surface area contributed by atoms with Crippen LogP contribution >= 0.6 is 12.2 Å². The van der Waals surface area contributed by atoms with E-state index >= 15 is 0 Å². The molecule has 0 saturated carbocycles. The SMILES string of the molecule is CC(C)Cc1ccc(C=NNC(N)=S)cc1. The topological polar surface area (TPSA) is 50.4 Å². The average molecular weight is 235 g/mol. The third-order valence-electron chi connectivity index (χ3n) is 2.01. The maximum atomic E-state index is 5.24. The maximum absolute atomic E-state index is 5.24. The lowest BCUT2D eigenvalue weighted by molar-refractivity contribution is 0.647. The number of nitrogens with two attached hydrogens (primary N) is 1. The number of rotatable bonds is 4. The van der Waals surface area contributed by atoms with Crippen LogP contribution in [0.4, 0.5) is 0 Å². The summed E-state index contributed by atoms with van der Waals surface area (Å²) in [5.41, 5.74) is 10.1.